The van der Waals surface area contributed by atoms with Gasteiger partial charge in [-0.1, -0.05) is 41.9 Å². The van der Waals surface area contributed by atoms with Crippen LogP contribution in [0.5, 0.6) is 0 Å². The number of rotatable bonds is 3. The summed E-state index contributed by atoms with van der Waals surface area (Å²) in [6.45, 7) is 0. The van der Waals surface area contributed by atoms with Gasteiger partial charge >= 0.3 is 0 Å². The molecule has 0 aromatic heterocycles. The number of anilines is 1. The minimum atomic E-state index is -3.77. The third kappa shape index (κ3) is 2.91. The van der Waals surface area contributed by atoms with E-state index in [2.05, 4.69) is 4.72 Å². The number of halogens is 2. The number of fused-ring (bicyclic) bond motifs is 1. The van der Waals surface area contributed by atoms with E-state index in [0.29, 0.717) is 0 Å². The highest BCUT2D eigenvalue weighted by molar-refractivity contribution is 7.92. The Bertz CT molecular complexity index is 957. The van der Waals surface area contributed by atoms with Gasteiger partial charge < -0.3 is 0 Å². The summed E-state index contributed by atoms with van der Waals surface area (Å²) >= 11 is 5.66. The van der Waals surface area contributed by atoms with E-state index in [1.807, 2.05) is 24.3 Å². The molecule has 0 amide bonds. The first-order chi connectivity index (χ1) is 10.5. The Hall–Kier alpha value is -2.11. The Morgan fingerprint density at radius 2 is 1.64 bits per heavy atom. The lowest BCUT2D eigenvalue weighted by molar-refractivity contribution is 0.601. The smallest absolute Gasteiger partial charge is 0.261 e. The van der Waals surface area contributed by atoms with Crippen molar-refractivity contribution in [2.75, 3.05) is 4.72 Å². The summed E-state index contributed by atoms with van der Waals surface area (Å²) in [7, 11) is -3.77. The molecule has 3 aromatic carbocycles. The van der Waals surface area contributed by atoms with Crippen molar-refractivity contribution in [1.29, 1.82) is 0 Å². The van der Waals surface area contributed by atoms with Gasteiger partial charge in [0.05, 0.1) is 15.6 Å². The maximum atomic E-state index is 13.1. The van der Waals surface area contributed by atoms with E-state index in [1.54, 1.807) is 12.1 Å². The first kappa shape index (κ1) is 14.8. The number of hydrogen-bond donors (Lipinski definition) is 1. The van der Waals surface area contributed by atoms with Gasteiger partial charge in [-0.05, 0) is 41.1 Å². The van der Waals surface area contributed by atoms with E-state index in [0.717, 1.165) is 16.8 Å². The van der Waals surface area contributed by atoms with Crippen molar-refractivity contribution in [3.05, 3.63) is 71.5 Å². The Labute approximate surface area is 132 Å². The van der Waals surface area contributed by atoms with Crippen LogP contribution in [-0.4, -0.2) is 8.42 Å². The minimum absolute atomic E-state index is 0.131. The second-order valence-electron chi connectivity index (χ2n) is 4.74. The molecule has 0 aliphatic heterocycles. The van der Waals surface area contributed by atoms with Crippen LogP contribution in [0, 0.1) is 5.82 Å². The van der Waals surface area contributed by atoms with Gasteiger partial charge in [0.2, 0.25) is 0 Å². The summed E-state index contributed by atoms with van der Waals surface area (Å²) in [5.74, 6) is -0.602. The zero-order chi connectivity index (χ0) is 15.7. The van der Waals surface area contributed by atoms with Crippen LogP contribution in [0.2, 0.25) is 5.02 Å². The Balaban J connectivity index is 1.98. The zero-order valence-corrected chi connectivity index (χ0v) is 12.8. The standard InChI is InChI=1S/C16H11ClFNO2S/c17-15-10-13(6-8-16(15)18)19-22(20,21)14-7-5-11-3-1-2-4-12(11)9-14/h1-10,19H. The largest absolute Gasteiger partial charge is 0.280 e. The van der Waals surface area contributed by atoms with Crippen LogP contribution in [0.25, 0.3) is 10.8 Å². The maximum Gasteiger partial charge on any atom is 0.261 e. The molecule has 0 spiro atoms. The van der Waals surface area contributed by atoms with Crippen molar-refractivity contribution >= 4 is 38.1 Å². The van der Waals surface area contributed by atoms with Crippen molar-refractivity contribution in [2.24, 2.45) is 0 Å². The summed E-state index contributed by atoms with van der Waals surface area (Å²) in [6.07, 6.45) is 0. The van der Waals surface area contributed by atoms with Gasteiger partial charge in [-0.3, -0.25) is 4.72 Å². The fourth-order valence-electron chi connectivity index (χ4n) is 2.11. The van der Waals surface area contributed by atoms with Crippen molar-refractivity contribution in [3.8, 4) is 0 Å². The number of hydrogen-bond acceptors (Lipinski definition) is 2. The van der Waals surface area contributed by atoms with Gasteiger partial charge in [0.15, 0.2) is 0 Å². The average Bonchev–Trinajstić information content (AvgIpc) is 2.50. The molecule has 3 nitrogen and oxygen atoms in total. The molecule has 0 unspecified atom stereocenters. The quantitative estimate of drug-likeness (QED) is 0.769. The molecule has 0 heterocycles. The predicted molar refractivity (Wildman–Crippen MR) is 86.2 cm³/mol. The van der Waals surface area contributed by atoms with E-state index in [4.69, 9.17) is 11.6 Å². The van der Waals surface area contributed by atoms with Gasteiger partial charge in [-0.25, -0.2) is 12.8 Å². The van der Waals surface area contributed by atoms with Gasteiger partial charge in [0, 0.05) is 0 Å². The molecule has 0 atom stereocenters. The highest BCUT2D eigenvalue weighted by atomic mass is 35.5. The third-order valence-electron chi connectivity index (χ3n) is 3.20. The molecular weight excluding hydrogens is 325 g/mol. The second-order valence-corrected chi connectivity index (χ2v) is 6.83. The van der Waals surface area contributed by atoms with Crippen molar-refractivity contribution in [2.45, 2.75) is 4.90 Å². The van der Waals surface area contributed by atoms with Crippen molar-refractivity contribution in [1.82, 2.24) is 0 Å². The van der Waals surface area contributed by atoms with Crippen LogP contribution in [0.1, 0.15) is 0 Å². The lowest BCUT2D eigenvalue weighted by atomic mass is 10.1. The van der Waals surface area contributed by atoms with Crippen LogP contribution in [0.3, 0.4) is 0 Å². The van der Waals surface area contributed by atoms with Gasteiger partial charge in [-0.2, -0.15) is 0 Å². The van der Waals surface area contributed by atoms with E-state index >= 15 is 0 Å². The normalized spacial score (nSPS) is 11.5. The summed E-state index contributed by atoms with van der Waals surface area (Å²) in [6, 6.07) is 16.0. The van der Waals surface area contributed by atoms with Gasteiger partial charge in [0.25, 0.3) is 10.0 Å². The number of nitrogens with one attached hydrogen (secondary N) is 1. The highest BCUT2D eigenvalue weighted by Crippen LogP contribution is 2.24. The Morgan fingerprint density at radius 3 is 2.36 bits per heavy atom. The van der Waals surface area contributed by atoms with Crippen LogP contribution in [0.4, 0.5) is 10.1 Å². The van der Waals surface area contributed by atoms with Crippen LogP contribution >= 0.6 is 11.6 Å². The van der Waals surface area contributed by atoms with Crippen LogP contribution < -0.4 is 4.72 Å². The molecule has 0 aliphatic carbocycles. The predicted octanol–water partition coefficient (Wildman–Crippen LogP) is 4.43. The van der Waals surface area contributed by atoms with E-state index in [9.17, 15) is 12.8 Å². The van der Waals surface area contributed by atoms with Crippen LogP contribution in [0.15, 0.2) is 65.6 Å². The minimum Gasteiger partial charge on any atom is -0.280 e. The second kappa shape index (κ2) is 5.59. The maximum absolute atomic E-state index is 13.1. The Kier molecular flexibility index (Phi) is 3.76. The first-order valence-corrected chi connectivity index (χ1v) is 8.28. The average molecular weight is 336 g/mol. The molecule has 3 rings (SSSR count). The SMILES string of the molecule is O=S(=O)(Nc1ccc(F)c(Cl)c1)c1ccc2ccccc2c1. The van der Waals surface area contributed by atoms with Gasteiger partial charge in [0.1, 0.15) is 5.82 Å². The molecule has 1 N–H and O–H groups in total. The van der Waals surface area contributed by atoms with Gasteiger partial charge in [-0.15, -0.1) is 0 Å². The molecule has 112 valence electrons. The first-order valence-electron chi connectivity index (χ1n) is 6.42. The topological polar surface area (TPSA) is 46.2 Å². The molecule has 3 aromatic rings. The van der Waals surface area contributed by atoms with E-state index in [1.165, 1.54) is 18.2 Å². The number of benzene rings is 3. The summed E-state index contributed by atoms with van der Waals surface area (Å²) in [5.41, 5.74) is 0.208. The van der Waals surface area contributed by atoms with Crippen molar-refractivity contribution in [3.63, 3.8) is 0 Å². The Morgan fingerprint density at radius 1 is 0.909 bits per heavy atom. The van der Waals surface area contributed by atoms with Crippen LogP contribution in [-0.2, 0) is 10.0 Å². The molecule has 0 radical (unpaired) electrons. The molecule has 22 heavy (non-hydrogen) atoms. The molecule has 0 saturated heterocycles. The fourth-order valence-corrected chi connectivity index (χ4v) is 3.37. The van der Waals surface area contributed by atoms with E-state index in [-0.39, 0.29) is 15.6 Å². The summed E-state index contributed by atoms with van der Waals surface area (Å²) in [4.78, 5) is 0.131. The number of sulfonamides is 1. The molecule has 0 bridgehead atoms. The summed E-state index contributed by atoms with van der Waals surface area (Å²) in [5, 5.41) is 1.63. The summed E-state index contributed by atoms with van der Waals surface area (Å²) < 4.78 is 40.3. The molecular formula is C16H11ClFNO2S. The monoisotopic (exact) mass is 335 g/mol. The molecule has 0 aliphatic rings. The zero-order valence-electron chi connectivity index (χ0n) is 11.3. The lowest BCUT2D eigenvalue weighted by Crippen LogP contribution is -2.12. The lowest BCUT2D eigenvalue weighted by Gasteiger charge is -2.09. The van der Waals surface area contributed by atoms with Crippen molar-refractivity contribution < 1.29 is 12.8 Å². The molecule has 6 heteroatoms. The highest BCUT2D eigenvalue weighted by Gasteiger charge is 2.15. The third-order valence-corrected chi connectivity index (χ3v) is 4.87. The molecule has 0 saturated carbocycles. The van der Waals surface area contributed by atoms with E-state index < -0.39 is 15.8 Å². The molecule has 0 fully saturated rings. The fraction of sp³-hybridized carbons (Fsp3) is 0.